The Hall–Kier alpha value is -1.03. The highest BCUT2D eigenvalue weighted by Crippen LogP contribution is 2.16. The van der Waals surface area contributed by atoms with E-state index in [1.165, 1.54) is 9.75 Å². The van der Waals surface area contributed by atoms with Gasteiger partial charge >= 0.3 is 0 Å². The van der Waals surface area contributed by atoms with Gasteiger partial charge in [0.05, 0.1) is 0 Å². The predicted octanol–water partition coefficient (Wildman–Crippen LogP) is 2.56. The number of nitrogens with one attached hydrogen (secondary N) is 2. The summed E-state index contributed by atoms with van der Waals surface area (Å²) in [4.78, 5) is 7.20. The molecule has 0 bridgehead atoms. The van der Waals surface area contributed by atoms with Gasteiger partial charge in [0, 0.05) is 35.3 Å². The van der Waals surface area contributed by atoms with E-state index in [0.717, 1.165) is 25.5 Å². The summed E-state index contributed by atoms with van der Waals surface area (Å²) in [7, 11) is 0. The molecule has 4 heteroatoms. The van der Waals surface area contributed by atoms with Crippen molar-refractivity contribution in [3.8, 4) is 0 Å². The molecule has 1 unspecified atom stereocenters. The van der Waals surface area contributed by atoms with Crippen LogP contribution in [0, 0.1) is 6.92 Å². The Morgan fingerprint density at radius 1 is 1.41 bits per heavy atom. The van der Waals surface area contributed by atoms with Gasteiger partial charge in [-0.05, 0) is 39.8 Å². The minimum absolute atomic E-state index is 0.400. The summed E-state index contributed by atoms with van der Waals surface area (Å²) < 4.78 is 0. The average Bonchev–Trinajstić information content (AvgIpc) is 2.64. The van der Waals surface area contributed by atoms with E-state index >= 15 is 0 Å². The molecule has 1 aromatic heterocycles. The van der Waals surface area contributed by atoms with Crippen molar-refractivity contribution in [2.75, 3.05) is 13.1 Å². The Kier molecular flexibility index (Phi) is 6.05. The summed E-state index contributed by atoms with van der Waals surface area (Å²) >= 11 is 1.87. The van der Waals surface area contributed by atoms with Crippen LogP contribution in [0.1, 0.15) is 30.5 Å². The van der Waals surface area contributed by atoms with Crippen LogP contribution >= 0.6 is 11.3 Å². The average molecular weight is 253 g/mol. The van der Waals surface area contributed by atoms with Crippen LogP contribution in [-0.4, -0.2) is 25.1 Å². The fourth-order valence-corrected chi connectivity index (χ4v) is 2.68. The second-order valence-corrected chi connectivity index (χ2v) is 5.49. The third-order valence-electron chi connectivity index (χ3n) is 2.35. The van der Waals surface area contributed by atoms with Crippen molar-refractivity contribution in [1.29, 1.82) is 0 Å². The largest absolute Gasteiger partial charge is 0.357 e. The van der Waals surface area contributed by atoms with E-state index in [1.807, 2.05) is 18.3 Å². The fraction of sp³-hybridized carbons (Fsp3) is 0.615. The topological polar surface area (TPSA) is 36.4 Å². The lowest BCUT2D eigenvalue weighted by atomic mass is 10.2. The molecule has 1 aromatic rings. The molecule has 0 amide bonds. The van der Waals surface area contributed by atoms with E-state index < -0.39 is 0 Å². The lowest BCUT2D eigenvalue weighted by Gasteiger charge is -2.16. The summed E-state index contributed by atoms with van der Waals surface area (Å²) in [6.45, 7) is 10.2. The molecule has 1 rings (SSSR count). The highest BCUT2D eigenvalue weighted by atomic mass is 32.1. The van der Waals surface area contributed by atoms with E-state index in [-0.39, 0.29) is 0 Å². The minimum atomic E-state index is 0.400. The molecule has 17 heavy (non-hydrogen) atoms. The van der Waals surface area contributed by atoms with Gasteiger partial charge in [0.1, 0.15) is 0 Å². The summed E-state index contributed by atoms with van der Waals surface area (Å²) in [6.07, 6.45) is 1.05. The first kappa shape index (κ1) is 14.0. The van der Waals surface area contributed by atoms with Crippen molar-refractivity contribution < 1.29 is 0 Å². The van der Waals surface area contributed by atoms with E-state index in [2.05, 4.69) is 48.5 Å². The number of hydrogen-bond donors (Lipinski definition) is 2. The lowest BCUT2D eigenvalue weighted by Crippen LogP contribution is -2.43. The molecule has 0 aliphatic rings. The second kappa shape index (κ2) is 7.33. The van der Waals surface area contributed by atoms with Crippen molar-refractivity contribution in [2.24, 2.45) is 4.99 Å². The van der Waals surface area contributed by atoms with Crippen LogP contribution in [0.15, 0.2) is 17.1 Å². The van der Waals surface area contributed by atoms with Crippen molar-refractivity contribution in [3.05, 3.63) is 21.9 Å². The van der Waals surface area contributed by atoms with Crippen LogP contribution < -0.4 is 10.6 Å². The summed E-state index contributed by atoms with van der Waals surface area (Å²) in [5, 5.41) is 6.67. The van der Waals surface area contributed by atoms with Crippen molar-refractivity contribution >= 4 is 17.3 Å². The summed E-state index contributed by atoms with van der Waals surface area (Å²) in [5.74, 6) is 0.913. The van der Waals surface area contributed by atoms with Crippen LogP contribution in [0.5, 0.6) is 0 Å². The standard InChI is InChI=1S/C13H23N3S/c1-5-14-13(15-6-2)16-10(3)9-12-8-7-11(4)17-12/h7-8,10H,5-6,9H2,1-4H3,(H2,14,15,16). The van der Waals surface area contributed by atoms with Gasteiger partial charge in [0.2, 0.25) is 0 Å². The van der Waals surface area contributed by atoms with Crippen molar-refractivity contribution in [3.63, 3.8) is 0 Å². The smallest absolute Gasteiger partial charge is 0.191 e. The Labute approximate surface area is 108 Å². The van der Waals surface area contributed by atoms with Crippen LogP contribution in [0.4, 0.5) is 0 Å². The second-order valence-electron chi connectivity index (χ2n) is 4.12. The number of aryl methyl sites for hydroxylation is 1. The minimum Gasteiger partial charge on any atom is -0.357 e. The number of aliphatic imine (C=N–C) groups is 1. The van der Waals surface area contributed by atoms with E-state index in [4.69, 9.17) is 0 Å². The Morgan fingerprint density at radius 2 is 2.18 bits per heavy atom. The zero-order valence-corrected chi connectivity index (χ0v) is 12.0. The molecular formula is C13H23N3S. The van der Waals surface area contributed by atoms with E-state index in [1.54, 1.807) is 0 Å². The molecule has 0 aliphatic heterocycles. The molecule has 3 nitrogen and oxygen atoms in total. The van der Waals surface area contributed by atoms with Gasteiger partial charge in [0.15, 0.2) is 5.96 Å². The summed E-state index contributed by atoms with van der Waals surface area (Å²) in [5.41, 5.74) is 0. The SMILES string of the molecule is CCN=C(NCC)NC(C)Cc1ccc(C)s1. The van der Waals surface area contributed by atoms with E-state index in [0.29, 0.717) is 6.04 Å². The van der Waals surface area contributed by atoms with Crippen LogP contribution in [0.3, 0.4) is 0 Å². The molecule has 0 fully saturated rings. The van der Waals surface area contributed by atoms with Gasteiger partial charge in [-0.15, -0.1) is 11.3 Å². The number of thiophene rings is 1. The molecule has 0 saturated heterocycles. The van der Waals surface area contributed by atoms with Gasteiger partial charge in [0.25, 0.3) is 0 Å². The molecule has 2 N–H and O–H groups in total. The van der Waals surface area contributed by atoms with Crippen LogP contribution in [0.2, 0.25) is 0 Å². The molecule has 0 radical (unpaired) electrons. The number of nitrogens with zero attached hydrogens (tertiary/aromatic N) is 1. The number of guanidine groups is 1. The Morgan fingerprint density at radius 3 is 2.71 bits per heavy atom. The van der Waals surface area contributed by atoms with Gasteiger partial charge in [-0.2, -0.15) is 0 Å². The maximum atomic E-state index is 4.40. The molecule has 0 aliphatic carbocycles. The third kappa shape index (κ3) is 5.22. The molecule has 1 heterocycles. The first-order valence-corrected chi connectivity index (χ1v) is 7.07. The Bertz CT molecular complexity index is 357. The monoisotopic (exact) mass is 253 g/mol. The first-order valence-electron chi connectivity index (χ1n) is 6.25. The number of hydrogen-bond acceptors (Lipinski definition) is 2. The molecule has 0 aromatic carbocycles. The fourth-order valence-electron chi connectivity index (χ4n) is 1.66. The quantitative estimate of drug-likeness (QED) is 0.625. The molecular weight excluding hydrogens is 230 g/mol. The molecule has 1 atom stereocenters. The highest BCUT2D eigenvalue weighted by Gasteiger charge is 2.07. The molecule has 0 saturated carbocycles. The first-order chi connectivity index (χ1) is 8.15. The number of rotatable bonds is 5. The predicted molar refractivity (Wildman–Crippen MR) is 77.0 cm³/mol. The molecule has 0 spiro atoms. The molecule has 96 valence electrons. The Balaban J connectivity index is 2.47. The lowest BCUT2D eigenvalue weighted by molar-refractivity contribution is 0.646. The van der Waals surface area contributed by atoms with E-state index in [9.17, 15) is 0 Å². The van der Waals surface area contributed by atoms with Crippen LogP contribution in [-0.2, 0) is 6.42 Å². The van der Waals surface area contributed by atoms with Gasteiger partial charge in [-0.1, -0.05) is 0 Å². The van der Waals surface area contributed by atoms with Crippen molar-refractivity contribution in [1.82, 2.24) is 10.6 Å². The van der Waals surface area contributed by atoms with Crippen LogP contribution in [0.25, 0.3) is 0 Å². The zero-order chi connectivity index (χ0) is 12.7. The van der Waals surface area contributed by atoms with Crippen molar-refractivity contribution in [2.45, 2.75) is 40.2 Å². The normalized spacial score (nSPS) is 13.5. The maximum Gasteiger partial charge on any atom is 0.191 e. The maximum absolute atomic E-state index is 4.40. The van der Waals surface area contributed by atoms with Gasteiger partial charge in [-0.3, -0.25) is 4.99 Å². The van der Waals surface area contributed by atoms with Gasteiger partial charge < -0.3 is 10.6 Å². The zero-order valence-electron chi connectivity index (χ0n) is 11.2. The summed E-state index contributed by atoms with van der Waals surface area (Å²) in [6, 6.07) is 4.79. The third-order valence-corrected chi connectivity index (χ3v) is 3.37. The highest BCUT2D eigenvalue weighted by molar-refractivity contribution is 7.11. The van der Waals surface area contributed by atoms with Gasteiger partial charge in [-0.25, -0.2) is 0 Å².